The molecule has 20 heavy (non-hydrogen) atoms. The minimum absolute atomic E-state index is 0.0110. The molecule has 0 radical (unpaired) electrons. The van der Waals surface area contributed by atoms with Gasteiger partial charge in [0, 0.05) is 24.4 Å². The number of nitro benzene ring substituents is 1. The molecule has 0 aromatic heterocycles. The molecule has 6 nitrogen and oxygen atoms in total. The first-order chi connectivity index (χ1) is 9.33. The lowest BCUT2D eigenvalue weighted by atomic mass is 9.76. The van der Waals surface area contributed by atoms with E-state index in [2.05, 4.69) is 0 Å². The van der Waals surface area contributed by atoms with Crippen molar-refractivity contribution < 1.29 is 14.8 Å². The van der Waals surface area contributed by atoms with Crippen molar-refractivity contribution in [2.75, 3.05) is 11.4 Å². The van der Waals surface area contributed by atoms with E-state index in [1.807, 2.05) is 18.7 Å². The van der Waals surface area contributed by atoms with Gasteiger partial charge >= 0.3 is 5.97 Å². The number of hydrogen-bond donors (Lipinski definition) is 1. The minimum Gasteiger partial charge on any atom is -0.480 e. The van der Waals surface area contributed by atoms with Crippen LogP contribution in [0.15, 0.2) is 24.3 Å². The third-order valence-corrected chi connectivity index (χ3v) is 3.90. The number of aliphatic carboxylic acids is 1. The second-order valence-electron chi connectivity index (χ2n) is 5.80. The number of carboxylic acid groups (broad SMARTS) is 1. The molecular weight excluding hydrogens is 260 g/mol. The predicted octanol–water partition coefficient (Wildman–Crippen LogP) is 2.67. The van der Waals surface area contributed by atoms with Crippen molar-refractivity contribution in [2.24, 2.45) is 5.41 Å². The van der Waals surface area contributed by atoms with Crippen LogP contribution in [0.25, 0.3) is 0 Å². The SMILES string of the molecule is CC1(C)CCCN(c2ccc([N+](=O)[O-])cc2)C1C(=O)O. The van der Waals surface area contributed by atoms with Gasteiger partial charge < -0.3 is 10.0 Å². The van der Waals surface area contributed by atoms with Crippen molar-refractivity contribution in [3.8, 4) is 0 Å². The molecule has 0 amide bonds. The second kappa shape index (κ2) is 5.11. The van der Waals surface area contributed by atoms with Gasteiger partial charge in [0.05, 0.1) is 4.92 Å². The van der Waals surface area contributed by atoms with Crippen LogP contribution in [0.3, 0.4) is 0 Å². The number of anilines is 1. The zero-order valence-electron chi connectivity index (χ0n) is 11.6. The van der Waals surface area contributed by atoms with Crippen LogP contribution in [0, 0.1) is 15.5 Å². The first-order valence-electron chi connectivity index (χ1n) is 6.57. The predicted molar refractivity (Wildman–Crippen MR) is 74.9 cm³/mol. The van der Waals surface area contributed by atoms with E-state index in [1.165, 1.54) is 12.1 Å². The van der Waals surface area contributed by atoms with Crippen molar-refractivity contribution in [3.63, 3.8) is 0 Å². The van der Waals surface area contributed by atoms with Gasteiger partial charge in [-0.2, -0.15) is 0 Å². The van der Waals surface area contributed by atoms with E-state index in [1.54, 1.807) is 12.1 Å². The van der Waals surface area contributed by atoms with Gasteiger partial charge in [-0.3, -0.25) is 10.1 Å². The number of rotatable bonds is 3. The fourth-order valence-corrected chi connectivity index (χ4v) is 2.90. The summed E-state index contributed by atoms with van der Waals surface area (Å²) in [5.41, 5.74) is 0.402. The van der Waals surface area contributed by atoms with Crippen LogP contribution in [0.5, 0.6) is 0 Å². The Balaban J connectivity index is 2.34. The van der Waals surface area contributed by atoms with Gasteiger partial charge in [-0.15, -0.1) is 0 Å². The molecule has 1 aromatic rings. The van der Waals surface area contributed by atoms with E-state index in [9.17, 15) is 20.0 Å². The van der Waals surface area contributed by atoms with E-state index < -0.39 is 16.9 Å². The summed E-state index contributed by atoms with van der Waals surface area (Å²) in [6.45, 7) is 4.55. The molecule has 0 spiro atoms. The second-order valence-corrected chi connectivity index (χ2v) is 5.80. The molecule has 1 aliphatic rings. The molecule has 0 aliphatic carbocycles. The smallest absolute Gasteiger partial charge is 0.326 e. The first-order valence-corrected chi connectivity index (χ1v) is 6.57. The topological polar surface area (TPSA) is 83.7 Å². The molecule has 0 bridgehead atoms. The lowest BCUT2D eigenvalue weighted by Gasteiger charge is -2.45. The Morgan fingerprint density at radius 2 is 2.00 bits per heavy atom. The van der Waals surface area contributed by atoms with Crippen molar-refractivity contribution in [3.05, 3.63) is 34.4 Å². The van der Waals surface area contributed by atoms with Crippen molar-refractivity contribution >= 4 is 17.3 Å². The van der Waals surface area contributed by atoms with Crippen LogP contribution in [-0.2, 0) is 4.79 Å². The van der Waals surface area contributed by atoms with Gasteiger partial charge in [0.15, 0.2) is 0 Å². The van der Waals surface area contributed by atoms with E-state index in [4.69, 9.17) is 0 Å². The van der Waals surface area contributed by atoms with Gasteiger partial charge in [0.2, 0.25) is 0 Å². The van der Waals surface area contributed by atoms with E-state index in [0.717, 1.165) is 18.5 Å². The van der Waals surface area contributed by atoms with Crippen LogP contribution in [-0.4, -0.2) is 28.6 Å². The number of piperidine rings is 1. The Morgan fingerprint density at radius 1 is 1.40 bits per heavy atom. The standard InChI is InChI=1S/C14H18N2O4/c1-14(2)8-3-9-15(12(14)13(17)18)10-4-6-11(7-5-10)16(19)20/h4-7,12H,3,8-9H2,1-2H3,(H,17,18). The monoisotopic (exact) mass is 278 g/mol. The molecule has 1 unspecified atom stereocenters. The highest BCUT2D eigenvalue weighted by atomic mass is 16.6. The highest BCUT2D eigenvalue weighted by Crippen LogP contribution is 2.38. The number of nitrogens with zero attached hydrogens (tertiary/aromatic N) is 2. The molecule has 1 heterocycles. The number of hydrogen-bond acceptors (Lipinski definition) is 4. The van der Waals surface area contributed by atoms with E-state index in [0.29, 0.717) is 6.54 Å². The summed E-state index contributed by atoms with van der Waals surface area (Å²) < 4.78 is 0. The van der Waals surface area contributed by atoms with Crippen LogP contribution in [0.2, 0.25) is 0 Å². The van der Waals surface area contributed by atoms with Gasteiger partial charge in [0.25, 0.3) is 5.69 Å². The van der Waals surface area contributed by atoms with E-state index >= 15 is 0 Å². The van der Waals surface area contributed by atoms with Crippen LogP contribution < -0.4 is 4.90 Å². The third kappa shape index (κ3) is 2.59. The minimum atomic E-state index is -0.854. The van der Waals surface area contributed by atoms with Crippen molar-refractivity contribution in [2.45, 2.75) is 32.7 Å². The molecule has 1 fully saturated rings. The highest BCUT2D eigenvalue weighted by Gasteiger charge is 2.42. The Bertz CT molecular complexity index is 524. The number of carboxylic acids is 1. The summed E-state index contributed by atoms with van der Waals surface area (Å²) >= 11 is 0. The molecule has 1 atom stereocenters. The normalized spacial score (nSPS) is 21.5. The molecule has 0 saturated carbocycles. The molecule has 2 rings (SSSR count). The van der Waals surface area contributed by atoms with Crippen molar-refractivity contribution in [1.29, 1.82) is 0 Å². The molecule has 1 saturated heterocycles. The average Bonchev–Trinajstić information content (AvgIpc) is 2.36. The lowest BCUT2D eigenvalue weighted by Crippen LogP contribution is -2.54. The fourth-order valence-electron chi connectivity index (χ4n) is 2.90. The average molecular weight is 278 g/mol. The molecule has 1 aliphatic heterocycles. The summed E-state index contributed by atoms with van der Waals surface area (Å²) in [7, 11) is 0. The quantitative estimate of drug-likeness (QED) is 0.678. The van der Waals surface area contributed by atoms with Crippen LogP contribution in [0.4, 0.5) is 11.4 Å². The van der Waals surface area contributed by atoms with Gasteiger partial charge in [-0.25, -0.2) is 4.79 Å². The fraction of sp³-hybridized carbons (Fsp3) is 0.500. The van der Waals surface area contributed by atoms with Gasteiger partial charge in [-0.1, -0.05) is 13.8 Å². The third-order valence-electron chi connectivity index (χ3n) is 3.90. The Labute approximate surface area is 117 Å². The number of carbonyl (C=O) groups is 1. The zero-order valence-corrected chi connectivity index (χ0v) is 11.6. The Hall–Kier alpha value is -2.11. The van der Waals surface area contributed by atoms with E-state index in [-0.39, 0.29) is 11.1 Å². The largest absolute Gasteiger partial charge is 0.480 e. The summed E-state index contributed by atoms with van der Waals surface area (Å²) in [6.07, 6.45) is 1.77. The van der Waals surface area contributed by atoms with Crippen molar-refractivity contribution in [1.82, 2.24) is 0 Å². The summed E-state index contributed by atoms with van der Waals surface area (Å²) in [6, 6.07) is 5.45. The Kier molecular flexibility index (Phi) is 3.65. The summed E-state index contributed by atoms with van der Waals surface area (Å²) in [5.74, 6) is -0.854. The van der Waals surface area contributed by atoms with Crippen LogP contribution in [0.1, 0.15) is 26.7 Å². The van der Waals surface area contributed by atoms with Gasteiger partial charge in [-0.05, 0) is 30.4 Å². The lowest BCUT2D eigenvalue weighted by molar-refractivity contribution is -0.384. The molecule has 108 valence electrons. The molecule has 1 aromatic carbocycles. The first kappa shape index (κ1) is 14.3. The maximum atomic E-state index is 11.6. The number of non-ortho nitro benzene ring substituents is 1. The highest BCUT2D eigenvalue weighted by molar-refractivity contribution is 5.79. The number of benzene rings is 1. The maximum absolute atomic E-state index is 11.6. The zero-order chi connectivity index (χ0) is 14.9. The molecule has 1 N–H and O–H groups in total. The Morgan fingerprint density at radius 3 is 2.50 bits per heavy atom. The molecular formula is C14H18N2O4. The summed E-state index contributed by atoms with van der Waals surface area (Å²) in [4.78, 5) is 23.6. The number of nitro groups is 1. The summed E-state index contributed by atoms with van der Waals surface area (Å²) in [5, 5.41) is 20.2. The van der Waals surface area contributed by atoms with Gasteiger partial charge in [0.1, 0.15) is 6.04 Å². The molecule has 6 heteroatoms. The maximum Gasteiger partial charge on any atom is 0.326 e. The van der Waals surface area contributed by atoms with Crippen LogP contribution >= 0.6 is 0 Å².